The monoisotopic (exact) mass is 544 g/mol. The third-order valence-corrected chi connectivity index (χ3v) is 5.18. The second kappa shape index (κ2) is 13.7. The third kappa shape index (κ3) is 7.94. The Bertz CT molecular complexity index is 800. The second-order valence-electron chi connectivity index (χ2n) is 6.78. The van der Waals surface area contributed by atoms with Crippen LogP contribution in [0.4, 0.5) is 0 Å². The van der Waals surface area contributed by atoms with Gasteiger partial charge in [-0.05, 0) is 17.7 Å². The van der Waals surface area contributed by atoms with Crippen LogP contribution in [0.5, 0.6) is 5.75 Å². The van der Waals surface area contributed by atoms with Gasteiger partial charge in [0.2, 0.25) is 0 Å². The first-order valence-corrected chi connectivity index (χ1v) is 10.3. The molecule has 164 valence electrons. The number of nitrogens with one attached hydrogen (secondary N) is 2. The maximum atomic E-state index is 6.22. The van der Waals surface area contributed by atoms with Crippen molar-refractivity contribution in [3.05, 3.63) is 64.7 Å². The Morgan fingerprint density at radius 2 is 1.67 bits per heavy atom. The maximum absolute atomic E-state index is 6.22. The highest BCUT2D eigenvalue weighted by atomic mass is 127. The number of hydrogen-bond donors (Lipinski definition) is 2. The van der Waals surface area contributed by atoms with Gasteiger partial charge in [-0.15, -0.1) is 24.0 Å². The van der Waals surface area contributed by atoms with E-state index in [4.69, 9.17) is 21.1 Å². The quantitative estimate of drug-likeness (QED) is 0.303. The standard InChI is InChI=1S/C22H29ClN4O2.HI/c1-24-22(25-16-18-6-2-4-8-20(18)23)26-17-19-7-3-5-9-21(19)29-15-12-27-10-13-28-14-11-27;/h2-9H,10-17H2,1H3,(H2,24,25,26);1H. The summed E-state index contributed by atoms with van der Waals surface area (Å²) in [6.07, 6.45) is 0. The number of para-hydroxylation sites is 1. The van der Waals surface area contributed by atoms with Crippen LogP contribution in [0.3, 0.4) is 0 Å². The zero-order valence-electron chi connectivity index (χ0n) is 17.3. The van der Waals surface area contributed by atoms with Gasteiger partial charge in [-0.3, -0.25) is 9.89 Å². The molecule has 2 aromatic carbocycles. The van der Waals surface area contributed by atoms with E-state index in [1.807, 2.05) is 42.5 Å². The molecule has 0 atom stereocenters. The molecule has 2 aromatic rings. The first kappa shape index (κ1) is 24.7. The van der Waals surface area contributed by atoms with Gasteiger partial charge in [0.15, 0.2) is 5.96 Å². The molecule has 1 saturated heterocycles. The molecule has 0 unspecified atom stereocenters. The highest BCUT2D eigenvalue weighted by Crippen LogP contribution is 2.18. The molecule has 0 amide bonds. The van der Waals surface area contributed by atoms with Crippen molar-refractivity contribution in [2.45, 2.75) is 13.1 Å². The smallest absolute Gasteiger partial charge is 0.191 e. The van der Waals surface area contributed by atoms with Gasteiger partial charge in [0.1, 0.15) is 12.4 Å². The van der Waals surface area contributed by atoms with E-state index in [9.17, 15) is 0 Å². The van der Waals surface area contributed by atoms with Gasteiger partial charge in [-0.1, -0.05) is 48.0 Å². The van der Waals surface area contributed by atoms with Gasteiger partial charge in [0.05, 0.1) is 13.2 Å². The molecule has 8 heteroatoms. The van der Waals surface area contributed by atoms with E-state index in [2.05, 4.69) is 26.6 Å². The van der Waals surface area contributed by atoms with Crippen LogP contribution < -0.4 is 15.4 Å². The SMILES string of the molecule is CN=C(NCc1ccccc1Cl)NCc1ccccc1OCCN1CCOCC1.I. The predicted molar refractivity (Wildman–Crippen MR) is 133 cm³/mol. The zero-order valence-corrected chi connectivity index (χ0v) is 20.4. The highest BCUT2D eigenvalue weighted by Gasteiger charge is 2.11. The van der Waals surface area contributed by atoms with E-state index in [1.54, 1.807) is 7.05 Å². The molecule has 1 heterocycles. The van der Waals surface area contributed by atoms with Crippen molar-refractivity contribution >= 4 is 41.5 Å². The molecule has 0 saturated carbocycles. The largest absolute Gasteiger partial charge is 0.492 e. The molecule has 1 aliphatic heterocycles. The minimum Gasteiger partial charge on any atom is -0.492 e. The zero-order chi connectivity index (χ0) is 20.3. The fourth-order valence-corrected chi connectivity index (χ4v) is 3.32. The molecule has 3 rings (SSSR count). The molecule has 0 radical (unpaired) electrons. The van der Waals surface area contributed by atoms with E-state index in [-0.39, 0.29) is 24.0 Å². The van der Waals surface area contributed by atoms with Gasteiger partial charge in [-0.2, -0.15) is 0 Å². The number of benzene rings is 2. The van der Waals surface area contributed by atoms with Crippen molar-refractivity contribution in [1.82, 2.24) is 15.5 Å². The van der Waals surface area contributed by atoms with Crippen LogP contribution in [0.1, 0.15) is 11.1 Å². The van der Waals surface area contributed by atoms with E-state index < -0.39 is 0 Å². The van der Waals surface area contributed by atoms with E-state index in [1.165, 1.54) is 0 Å². The van der Waals surface area contributed by atoms with Gasteiger partial charge in [0.25, 0.3) is 0 Å². The third-order valence-electron chi connectivity index (χ3n) is 4.82. The first-order valence-electron chi connectivity index (χ1n) is 9.95. The second-order valence-corrected chi connectivity index (χ2v) is 7.19. The number of ether oxygens (including phenoxy) is 2. The van der Waals surface area contributed by atoms with Crippen LogP contribution >= 0.6 is 35.6 Å². The van der Waals surface area contributed by atoms with Crippen molar-refractivity contribution in [2.24, 2.45) is 4.99 Å². The summed E-state index contributed by atoms with van der Waals surface area (Å²) < 4.78 is 11.4. The molecule has 2 N–H and O–H groups in total. The van der Waals surface area contributed by atoms with Crippen LogP contribution in [-0.2, 0) is 17.8 Å². The van der Waals surface area contributed by atoms with Crippen molar-refractivity contribution < 1.29 is 9.47 Å². The highest BCUT2D eigenvalue weighted by molar-refractivity contribution is 14.0. The van der Waals surface area contributed by atoms with E-state index in [0.29, 0.717) is 25.7 Å². The molecular weight excluding hydrogens is 515 g/mol. The van der Waals surface area contributed by atoms with Crippen LogP contribution in [0.2, 0.25) is 5.02 Å². The van der Waals surface area contributed by atoms with Crippen LogP contribution in [-0.4, -0.2) is 57.4 Å². The predicted octanol–water partition coefficient (Wildman–Crippen LogP) is 3.53. The van der Waals surface area contributed by atoms with Crippen LogP contribution in [0.25, 0.3) is 0 Å². The maximum Gasteiger partial charge on any atom is 0.191 e. The molecule has 30 heavy (non-hydrogen) atoms. The van der Waals surface area contributed by atoms with Crippen molar-refractivity contribution in [3.8, 4) is 5.75 Å². The van der Waals surface area contributed by atoms with E-state index in [0.717, 1.165) is 54.7 Å². The number of rotatable bonds is 8. The minimum absolute atomic E-state index is 0. The Balaban J connectivity index is 0.00000320. The average molecular weight is 545 g/mol. The van der Waals surface area contributed by atoms with Gasteiger partial charge in [-0.25, -0.2) is 0 Å². The van der Waals surface area contributed by atoms with E-state index >= 15 is 0 Å². The summed E-state index contributed by atoms with van der Waals surface area (Å²) in [7, 11) is 1.76. The summed E-state index contributed by atoms with van der Waals surface area (Å²) in [6.45, 7) is 6.36. The molecule has 0 bridgehead atoms. The number of morpholine rings is 1. The number of halogens is 2. The molecule has 0 aliphatic carbocycles. The molecule has 0 spiro atoms. The molecule has 6 nitrogen and oxygen atoms in total. The van der Waals surface area contributed by atoms with Gasteiger partial charge < -0.3 is 20.1 Å². The minimum atomic E-state index is 0. The Morgan fingerprint density at radius 1 is 1.03 bits per heavy atom. The number of aliphatic imine (C=N–C) groups is 1. The summed E-state index contributed by atoms with van der Waals surface area (Å²) in [4.78, 5) is 6.66. The van der Waals surface area contributed by atoms with Crippen LogP contribution in [0.15, 0.2) is 53.5 Å². The summed E-state index contributed by atoms with van der Waals surface area (Å²) >= 11 is 6.22. The topological polar surface area (TPSA) is 58.1 Å². The lowest BCUT2D eigenvalue weighted by Crippen LogP contribution is -2.38. The Hall–Kier alpha value is -1.55. The van der Waals surface area contributed by atoms with Gasteiger partial charge in [0, 0.05) is 50.4 Å². The number of hydrogen-bond acceptors (Lipinski definition) is 4. The van der Waals surface area contributed by atoms with Crippen molar-refractivity contribution in [1.29, 1.82) is 0 Å². The summed E-state index contributed by atoms with van der Waals surface area (Å²) in [5, 5.41) is 7.39. The average Bonchev–Trinajstić information content (AvgIpc) is 2.76. The van der Waals surface area contributed by atoms with Gasteiger partial charge >= 0.3 is 0 Å². The number of nitrogens with zero attached hydrogens (tertiary/aromatic N) is 2. The fourth-order valence-electron chi connectivity index (χ4n) is 3.12. The lowest BCUT2D eigenvalue weighted by atomic mass is 10.2. The van der Waals surface area contributed by atoms with Crippen molar-refractivity contribution in [3.63, 3.8) is 0 Å². The summed E-state index contributed by atoms with van der Waals surface area (Å²) in [6, 6.07) is 15.9. The Morgan fingerprint density at radius 3 is 2.37 bits per heavy atom. The summed E-state index contributed by atoms with van der Waals surface area (Å²) in [5.74, 6) is 1.61. The lowest BCUT2D eigenvalue weighted by molar-refractivity contribution is 0.0322. The summed E-state index contributed by atoms with van der Waals surface area (Å²) in [5.41, 5.74) is 2.12. The number of guanidine groups is 1. The van der Waals surface area contributed by atoms with Crippen LogP contribution in [0, 0.1) is 0 Å². The Kier molecular flexibility index (Phi) is 11.3. The van der Waals surface area contributed by atoms with Crippen molar-refractivity contribution in [2.75, 3.05) is 46.5 Å². The first-order chi connectivity index (χ1) is 14.3. The Labute approximate surface area is 201 Å². The molecular formula is C22H30ClIN4O2. The normalized spacial score (nSPS) is 14.7. The molecule has 1 aliphatic rings. The molecule has 1 fully saturated rings. The lowest BCUT2D eigenvalue weighted by Gasteiger charge is -2.26. The molecule has 0 aromatic heterocycles. The fraction of sp³-hybridized carbons (Fsp3) is 0.409.